The number of carbonyl (C=O) groups is 1. The summed E-state index contributed by atoms with van der Waals surface area (Å²) < 4.78 is 9.72. The Morgan fingerprint density at radius 2 is 2.11 bits per heavy atom. The first-order chi connectivity index (χ1) is 8.40. The summed E-state index contributed by atoms with van der Waals surface area (Å²) in [6.45, 7) is 3.39. The van der Waals surface area contributed by atoms with Crippen LogP contribution in [-0.4, -0.2) is 37.4 Å². The number of esters is 1. The minimum Gasteiger partial charge on any atom is -0.495 e. The van der Waals surface area contributed by atoms with Gasteiger partial charge in [-0.05, 0) is 31.5 Å². The van der Waals surface area contributed by atoms with Gasteiger partial charge in [-0.2, -0.15) is 0 Å². The number of hydrogen-bond donors (Lipinski definition) is 2. The maximum atomic E-state index is 11.3. The van der Waals surface area contributed by atoms with Crippen molar-refractivity contribution in [1.29, 1.82) is 0 Å². The number of hydrogen-bond acceptors (Lipinski definition) is 5. The second-order valence-electron chi connectivity index (χ2n) is 4.32. The summed E-state index contributed by atoms with van der Waals surface area (Å²) in [5.41, 5.74) is 0.196. The van der Waals surface area contributed by atoms with Crippen molar-refractivity contribution in [2.24, 2.45) is 0 Å². The van der Waals surface area contributed by atoms with E-state index in [9.17, 15) is 9.90 Å². The van der Waals surface area contributed by atoms with Crippen LogP contribution in [0.3, 0.4) is 0 Å². The van der Waals surface area contributed by atoms with Gasteiger partial charge in [-0.1, -0.05) is 6.07 Å². The molecule has 5 heteroatoms. The fraction of sp³-hybridized carbons (Fsp3) is 0.462. The zero-order valence-electron chi connectivity index (χ0n) is 11.1. The molecule has 0 amide bonds. The Kier molecular flexibility index (Phi) is 4.55. The molecule has 0 aromatic heterocycles. The lowest BCUT2D eigenvalue weighted by molar-refractivity contribution is -0.158. The van der Waals surface area contributed by atoms with Crippen LogP contribution in [0.5, 0.6) is 5.75 Å². The van der Waals surface area contributed by atoms with Crippen LogP contribution in [0.4, 0.5) is 5.69 Å². The van der Waals surface area contributed by atoms with E-state index in [-0.39, 0.29) is 6.54 Å². The van der Waals surface area contributed by atoms with Crippen molar-refractivity contribution < 1.29 is 19.4 Å². The topological polar surface area (TPSA) is 67.8 Å². The number of carbonyl (C=O) groups excluding carboxylic acids is 1. The Labute approximate surface area is 107 Å². The highest BCUT2D eigenvalue weighted by atomic mass is 16.5. The lowest BCUT2D eigenvalue weighted by Gasteiger charge is -2.22. The summed E-state index contributed by atoms with van der Waals surface area (Å²) in [6.07, 6.45) is 0. The first-order valence-electron chi connectivity index (χ1n) is 5.60. The van der Waals surface area contributed by atoms with Crippen molar-refractivity contribution in [3.63, 3.8) is 0 Å². The van der Waals surface area contributed by atoms with Gasteiger partial charge >= 0.3 is 5.97 Å². The third kappa shape index (κ3) is 3.37. The number of nitrogens with one attached hydrogen (secondary N) is 1. The molecular formula is C13H19NO4. The number of rotatable bonds is 5. The van der Waals surface area contributed by atoms with E-state index >= 15 is 0 Å². The van der Waals surface area contributed by atoms with E-state index in [0.29, 0.717) is 5.75 Å². The highest BCUT2D eigenvalue weighted by molar-refractivity contribution is 5.79. The van der Waals surface area contributed by atoms with Crippen molar-refractivity contribution in [2.45, 2.75) is 19.4 Å². The molecule has 0 saturated heterocycles. The van der Waals surface area contributed by atoms with E-state index in [4.69, 9.17) is 4.74 Å². The van der Waals surface area contributed by atoms with Gasteiger partial charge in [0.05, 0.1) is 26.5 Å². The summed E-state index contributed by atoms with van der Waals surface area (Å²) >= 11 is 0. The van der Waals surface area contributed by atoms with Crippen LogP contribution in [-0.2, 0) is 9.53 Å². The lowest BCUT2D eigenvalue weighted by atomic mass is 10.1. The fourth-order valence-electron chi connectivity index (χ4n) is 1.52. The molecule has 18 heavy (non-hydrogen) atoms. The monoisotopic (exact) mass is 253 g/mol. The molecular weight excluding hydrogens is 234 g/mol. The number of ether oxygens (including phenoxy) is 2. The van der Waals surface area contributed by atoms with Crippen molar-refractivity contribution in [1.82, 2.24) is 0 Å². The van der Waals surface area contributed by atoms with Gasteiger partial charge in [0.1, 0.15) is 5.75 Å². The minimum absolute atomic E-state index is 0.0412. The Balaban J connectivity index is 2.80. The number of aliphatic hydroxyl groups is 1. The van der Waals surface area contributed by atoms with Crippen LogP contribution in [0, 0.1) is 6.92 Å². The standard InChI is InChI=1S/C13H19NO4/c1-9-5-6-11(17-3)10(7-9)14-8-13(2,16)12(15)18-4/h5-7,14,16H,8H2,1-4H3. The SMILES string of the molecule is COC(=O)C(C)(O)CNc1cc(C)ccc1OC. The first kappa shape index (κ1) is 14.3. The van der Waals surface area contributed by atoms with Gasteiger partial charge < -0.3 is 19.9 Å². The van der Waals surface area contributed by atoms with Crippen LogP contribution in [0.1, 0.15) is 12.5 Å². The molecule has 1 aromatic carbocycles. The lowest BCUT2D eigenvalue weighted by Crippen LogP contribution is -2.42. The molecule has 0 spiro atoms. The van der Waals surface area contributed by atoms with E-state index in [1.165, 1.54) is 14.0 Å². The predicted octanol–water partition coefficient (Wildman–Crippen LogP) is 1.34. The molecule has 0 fully saturated rings. The van der Waals surface area contributed by atoms with Crippen molar-refractivity contribution in [2.75, 3.05) is 26.1 Å². The molecule has 0 bridgehead atoms. The van der Waals surface area contributed by atoms with Crippen LogP contribution in [0.2, 0.25) is 0 Å². The zero-order valence-corrected chi connectivity index (χ0v) is 11.1. The molecule has 0 radical (unpaired) electrons. The molecule has 0 heterocycles. The van der Waals surface area contributed by atoms with E-state index in [2.05, 4.69) is 10.1 Å². The third-order valence-electron chi connectivity index (χ3n) is 2.60. The fourth-order valence-corrected chi connectivity index (χ4v) is 1.52. The Morgan fingerprint density at radius 3 is 2.67 bits per heavy atom. The third-order valence-corrected chi connectivity index (χ3v) is 2.60. The molecule has 100 valence electrons. The maximum Gasteiger partial charge on any atom is 0.339 e. The minimum atomic E-state index is -1.58. The molecule has 1 unspecified atom stereocenters. The van der Waals surface area contributed by atoms with Crippen LogP contribution < -0.4 is 10.1 Å². The molecule has 1 atom stereocenters. The van der Waals surface area contributed by atoms with Crippen molar-refractivity contribution in [3.05, 3.63) is 23.8 Å². The molecule has 1 aromatic rings. The Hall–Kier alpha value is -1.75. The van der Waals surface area contributed by atoms with Gasteiger partial charge in [0.25, 0.3) is 0 Å². The molecule has 0 saturated carbocycles. The van der Waals surface area contributed by atoms with Gasteiger partial charge in [-0.25, -0.2) is 4.79 Å². The largest absolute Gasteiger partial charge is 0.495 e. The van der Waals surface area contributed by atoms with Crippen molar-refractivity contribution in [3.8, 4) is 5.75 Å². The second kappa shape index (κ2) is 5.73. The predicted molar refractivity (Wildman–Crippen MR) is 68.9 cm³/mol. The summed E-state index contributed by atoms with van der Waals surface area (Å²) in [4.78, 5) is 11.3. The van der Waals surface area contributed by atoms with Crippen LogP contribution in [0.15, 0.2) is 18.2 Å². The van der Waals surface area contributed by atoms with Crippen LogP contribution >= 0.6 is 0 Å². The van der Waals surface area contributed by atoms with Gasteiger partial charge in [-0.15, -0.1) is 0 Å². The molecule has 0 aliphatic rings. The second-order valence-corrected chi connectivity index (χ2v) is 4.32. The number of benzene rings is 1. The molecule has 0 aliphatic carbocycles. The molecule has 5 nitrogen and oxygen atoms in total. The molecule has 0 aliphatic heterocycles. The van der Waals surface area contributed by atoms with Crippen molar-refractivity contribution >= 4 is 11.7 Å². The number of methoxy groups -OCH3 is 2. The summed E-state index contributed by atoms with van der Waals surface area (Å²) in [6, 6.07) is 5.62. The quantitative estimate of drug-likeness (QED) is 0.775. The highest BCUT2D eigenvalue weighted by Crippen LogP contribution is 2.25. The van der Waals surface area contributed by atoms with E-state index < -0.39 is 11.6 Å². The normalized spacial score (nSPS) is 13.6. The molecule has 1 rings (SSSR count). The van der Waals surface area contributed by atoms with E-state index in [0.717, 1.165) is 11.3 Å². The van der Waals surface area contributed by atoms with Gasteiger partial charge in [0.2, 0.25) is 0 Å². The van der Waals surface area contributed by atoms with Gasteiger partial charge in [-0.3, -0.25) is 0 Å². The smallest absolute Gasteiger partial charge is 0.339 e. The maximum absolute atomic E-state index is 11.3. The van der Waals surface area contributed by atoms with Crippen LogP contribution in [0.25, 0.3) is 0 Å². The average molecular weight is 253 g/mol. The van der Waals surface area contributed by atoms with E-state index in [1.54, 1.807) is 7.11 Å². The van der Waals surface area contributed by atoms with Gasteiger partial charge in [0.15, 0.2) is 5.60 Å². The van der Waals surface area contributed by atoms with E-state index in [1.807, 2.05) is 25.1 Å². The summed E-state index contributed by atoms with van der Waals surface area (Å²) in [5, 5.41) is 12.9. The highest BCUT2D eigenvalue weighted by Gasteiger charge is 2.31. The zero-order chi connectivity index (χ0) is 13.8. The first-order valence-corrected chi connectivity index (χ1v) is 5.60. The summed E-state index contributed by atoms with van der Waals surface area (Å²) in [7, 11) is 2.80. The van der Waals surface area contributed by atoms with Gasteiger partial charge in [0, 0.05) is 0 Å². The Morgan fingerprint density at radius 1 is 1.44 bits per heavy atom. The number of aryl methyl sites for hydroxylation is 1. The number of anilines is 1. The molecule has 2 N–H and O–H groups in total. The summed E-state index contributed by atoms with van der Waals surface area (Å²) in [5.74, 6) is -0.0251. The Bertz CT molecular complexity index is 429. The average Bonchev–Trinajstić information content (AvgIpc) is 2.35.